The third-order valence-corrected chi connectivity index (χ3v) is 9.35. The number of nitrogens with zero attached hydrogens (tertiary/aromatic N) is 1. The first-order valence-corrected chi connectivity index (χ1v) is 15.2. The van der Waals surface area contributed by atoms with Gasteiger partial charge in [-0.1, -0.05) is 90.9 Å². The van der Waals surface area contributed by atoms with Gasteiger partial charge in [0.05, 0.1) is 16.0 Å². The first-order chi connectivity index (χ1) is 16.5. The van der Waals surface area contributed by atoms with Crippen molar-refractivity contribution in [2.75, 3.05) is 0 Å². The Kier molecular flexibility index (Phi) is 10.8. The van der Waals surface area contributed by atoms with E-state index in [0.29, 0.717) is 11.1 Å². The van der Waals surface area contributed by atoms with Crippen molar-refractivity contribution in [2.45, 2.75) is 124 Å². The third-order valence-electron chi connectivity index (χ3n) is 7.06. The highest BCUT2D eigenvalue weighted by Crippen LogP contribution is 2.44. The number of amides is 2. The highest BCUT2D eigenvalue weighted by atomic mass is 32.1. The molecule has 0 fully saturated rings. The first kappa shape index (κ1) is 27.1. The summed E-state index contributed by atoms with van der Waals surface area (Å²) >= 11 is 3.31. The SMILES string of the molecule is CCCCCCCCC(CCCCCCCC)N1C(=O)c2c(C)sc(-c3ccc(C)s3)c2C1=O. The standard InChI is InChI=1S/C29H43NO2S2/c1-5-7-9-11-13-15-17-23(18-16-14-12-10-8-6-2)30-28(31)25-22(4)34-27(26(25)29(30)32)24-20-19-21(3)33-24/h19-20,23H,5-18H2,1-4H3. The van der Waals surface area contributed by atoms with E-state index in [9.17, 15) is 9.59 Å². The van der Waals surface area contributed by atoms with Crippen LogP contribution in [0.25, 0.3) is 9.75 Å². The van der Waals surface area contributed by atoms with Crippen LogP contribution in [0.15, 0.2) is 12.1 Å². The molecule has 1 aliphatic rings. The van der Waals surface area contributed by atoms with E-state index < -0.39 is 0 Å². The predicted molar refractivity (Wildman–Crippen MR) is 147 cm³/mol. The fraction of sp³-hybridized carbons (Fsp3) is 0.655. The smallest absolute Gasteiger partial charge is 0.263 e. The fourth-order valence-corrected chi connectivity index (χ4v) is 7.25. The molecule has 2 amide bonds. The lowest BCUT2D eigenvalue weighted by atomic mass is 9.98. The molecule has 2 aromatic heterocycles. The Morgan fingerprint density at radius 3 is 1.76 bits per heavy atom. The molecule has 0 unspecified atom stereocenters. The average Bonchev–Trinajstić information content (AvgIpc) is 3.47. The molecule has 3 rings (SSSR count). The van der Waals surface area contributed by atoms with E-state index in [4.69, 9.17) is 0 Å². The topological polar surface area (TPSA) is 37.4 Å². The normalized spacial score (nSPS) is 13.5. The Morgan fingerprint density at radius 2 is 1.24 bits per heavy atom. The lowest BCUT2D eigenvalue weighted by Gasteiger charge is -2.27. The number of aryl methyl sites for hydroxylation is 2. The predicted octanol–water partition coefficient (Wildman–Crippen LogP) is 9.56. The van der Waals surface area contributed by atoms with Crippen LogP contribution in [0, 0.1) is 13.8 Å². The van der Waals surface area contributed by atoms with Crippen LogP contribution in [0.1, 0.15) is 134 Å². The Bertz CT molecular complexity index is 926. The van der Waals surface area contributed by atoms with Gasteiger partial charge < -0.3 is 0 Å². The molecule has 0 bridgehead atoms. The van der Waals surface area contributed by atoms with Gasteiger partial charge in [0, 0.05) is 20.7 Å². The lowest BCUT2D eigenvalue weighted by Crippen LogP contribution is -2.40. The van der Waals surface area contributed by atoms with E-state index >= 15 is 0 Å². The summed E-state index contributed by atoms with van der Waals surface area (Å²) in [5, 5.41) is 0. The minimum absolute atomic E-state index is 0.0343. The number of rotatable bonds is 16. The van der Waals surface area contributed by atoms with Crippen LogP contribution >= 0.6 is 22.7 Å². The Hall–Kier alpha value is -1.46. The molecule has 0 aliphatic carbocycles. The summed E-state index contributed by atoms with van der Waals surface area (Å²) in [4.78, 5) is 33.3. The number of hydrogen-bond donors (Lipinski definition) is 0. The lowest BCUT2D eigenvalue weighted by molar-refractivity contribution is 0.0563. The number of fused-ring (bicyclic) bond motifs is 1. The maximum absolute atomic E-state index is 13.7. The second-order valence-corrected chi connectivity index (χ2v) is 12.4. The summed E-state index contributed by atoms with van der Waals surface area (Å²) in [6, 6.07) is 4.23. The molecule has 1 aliphatic heterocycles. The molecule has 34 heavy (non-hydrogen) atoms. The van der Waals surface area contributed by atoms with Crippen molar-refractivity contribution in [3.63, 3.8) is 0 Å². The molecule has 0 saturated carbocycles. The maximum Gasteiger partial charge on any atom is 0.263 e. The monoisotopic (exact) mass is 501 g/mol. The van der Waals surface area contributed by atoms with E-state index in [-0.39, 0.29) is 17.9 Å². The molecule has 0 spiro atoms. The summed E-state index contributed by atoms with van der Waals surface area (Å²) in [7, 11) is 0. The summed E-state index contributed by atoms with van der Waals surface area (Å²) in [5.74, 6) is -0.0948. The zero-order chi connectivity index (χ0) is 24.5. The van der Waals surface area contributed by atoms with Gasteiger partial charge in [-0.2, -0.15) is 0 Å². The molecule has 0 atom stereocenters. The Morgan fingerprint density at radius 1 is 0.706 bits per heavy atom. The largest absolute Gasteiger partial charge is 0.271 e. The van der Waals surface area contributed by atoms with Crippen molar-refractivity contribution in [3.8, 4) is 9.75 Å². The summed E-state index contributed by atoms with van der Waals surface area (Å²) < 4.78 is 0. The molecular formula is C29H43NO2S2. The maximum atomic E-state index is 13.7. The van der Waals surface area contributed by atoms with Crippen LogP contribution in [0.4, 0.5) is 0 Å². The quantitative estimate of drug-likeness (QED) is 0.170. The summed E-state index contributed by atoms with van der Waals surface area (Å²) in [6.07, 6.45) is 16.7. The minimum Gasteiger partial charge on any atom is -0.271 e. The van der Waals surface area contributed by atoms with Crippen LogP contribution in [-0.4, -0.2) is 22.8 Å². The molecule has 2 aromatic rings. The number of carbonyl (C=O) groups excluding carboxylic acids is 2. The van der Waals surface area contributed by atoms with Crippen LogP contribution in [0.5, 0.6) is 0 Å². The van der Waals surface area contributed by atoms with Crippen LogP contribution < -0.4 is 0 Å². The number of carbonyl (C=O) groups is 2. The van der Waals surface area contributed by atoms with Gasteiger partial charge in [0.1, 0.15) is 0 Å². The minimum atomic E-state index is -0.0487. The Balaban J connectivity index is 1.73. The highest BCUT2D eigenvalue weighted by molar-refractivity contribution is 7.22. The third kappa shape index (κ3) is 6.60. The second kappa shape index (κ2) is 13.6. The van der Waals surface area contributed by atoms with E-state index in [1.54, 1.807) is 27.6 Å². The number of unbranched alkanes of at least 4 members (excludes halogenated alkanes) is 10. The van der Waals surface area contributed by atoms with Crippen molar-refractivity contribution in [3.05, 3.63) is 33.0 Å². The summed E-state index contributed by atoms with van der Waals surface area (Å²) in [5.41, 5.74) is 1.34. The van der Waals surface area contributed by atoms with Gasteiger partial charge >= 0.3 is 0 Å². The molecule has 0 N–H and O–H groups in total. The number of imide groups is 1. The van der Waals surface area contributed by atoms with Gasteiger partial charge in [0.25, 0.3) is 11.8 Å². The zero-order valence-corrected chi connectivity index (χ0v) is 23.3. The molecule has 0 radical (unpaired) electrons. The number of thiophene rings is 2. The zero-order valence-electron chi connectivity index (χ0n) is 21.7. The van der Waals surface area contributed by atoms with Crippen LogP contribution in [0.2, 0.25) is 0 Å². The molecule has 0 aromatic carbocycles. The first-order valence-electron chi connectivity index (χ1n) is 13.6. The summed E-state index contributed by atoms with van der Waals surface area (Å²) in [6.45, 7) is 8.57. The van der Waals surface area contributed by atoms with Gasteiger partial charge in [-0.3, -0.25) is 14.5 Å². The van der Waals surface area contributed by atoms with Gasteiger partial charge in [-0.05, 0) is 38.8 Å². The molecule has 0 saturated heterocycles. The van der Waals surface area contributed by atoms with E-state index in [0.717, 1.165) is 40.3 Å². The van der Waals surface area contributed by atoms with Gasteiger partial charge in [-0.15, -0.1) is 22.7 Å². The molecular weight excluding hydrogens is 458 g/mol. The Labute approximate surface area is 215 Å². The van der Waals surface area contributed by atoms with E-state index in [1.807, 2.05) is 6.92 Å². The molecule has 5 heteroatoms. The van der Waals surface area contributed by atoms with Gasteiger partial charge in [-0.25, -0.2) is 0 Å². The second-order valence-electron chi connectivity index (χ2n) is 9.89. The van der Waals surface area contributed by atoms with Crippen molar-refractivity contribution < 1.29 is 9.59 Å². The van der Waals surface area contributed by atoms with E-state index in [2.05, 4.69) is 32.9 Å². The van der Waals surface area contributed by atoms with Gasteiger partial charge in [0.15, 0.2) is 0 Å². The van der Waals surface area contributed by atoms with Crippen molar-refractivity contribution in [1.82, 2.24) is 4.90 Å². The number of hydrogen-bond acceptors (Lipinski definition) is 4. The van der Waals surface area contributed by atoms with Crippen LogP contribution in [0.3, 0.4) is 0 Å². The van der Waals surface area contributed by atoms with Crippen molar-refractivity contribution in [1.29, 1.82) is 0 Å². The molecule has 3 nitrogen and oxygen atoms in total. The van der Waals surface area contributed by atoms with Crippen LogP contribution in [-0.2, 0) is 0 Å². The molecule has 3 heterocycles. The van der Waals surface area contributed by atoms with E-state index in [1.165, 1.54) is 69.1 Å². The van der Waals surface area contributed by atoms with Crippen molar-refractivity contribution in [2.24, 2.45) is 0 Å². The van der Waals surface area contributed by atoms with Gasteiger partial charge in [0.2, 0.25) is 0 Å². The fourth-order valence-electron chi connectivity index (χ4n) is 5.12. The highest BCUT2D eigenvalue weighted by Gasteiger charge is 2.44. The molecule has 188 valence electrons. The van der Waals surface area contributed by atoms with Crippen molar-refractivity contribution >= 4 is 34.5 Å². The average molecular weight is 502 g/mol.